The van der Waals surface area contributed by atoms with E-state index in [2.05, 4.69) is 15.5 Å². The Bertz CT molecular complexity index is 904. The molecule has 2 heterocycles. The Morgan fingerprint density at radius 1 is 1.12 bits per heavy atom. The maximum atomic E-state index is 12.7. The Kier molecular flexibility index (Phi) is 4.76. The maximum absolute atomic E-state index is 12.7. The molecule has 0 atom stereocenters. The number of aryl methyl sites for hydroxylation is 1. The Morgan fingerprint density at radius 3 is 2.50 bits per heavy atom. The molecule has 0 bridgehead atoms. The van der Waals surface area contributed by atoms with Crippen molar-refractivity contribution in [3.8, 4) is 11.3 Å². The zero-order valence-corrected chi connectivity index (χ0v) is 14.6. The van der Waals surface area contributed by atoms with E-state index >= 15 is 0 Å². The standard InChI is InChI=1S/C16H10Cl3N3O2/c1-8-12(16(23)21-11-6-3-7-20-15(11)19)14(22-24-8)13-9(17)4-2-5-10(13)18/h2-7H,1H3,(H,21,23). The van der Waals surface area contributed by atoms with Gasteiger partial charge < -0.3 is 9.84 Å². The number of nitrogens with zero attached hydrogens (tertiary/aromatic N) is 2. The minimum Gasteiger partial charge on any atom is -0.360 e. The number of rotatable bonds is 3. The summed E-state index contributed by atoms with van der Waals surface area (Å²) in [4.78, 5) is 16.6. The number of hydrogen-bond acceptors (Lipinski definition) is 4. The number of halogens is 3. The van der Waals surface area contributed by atoms with Gasteiger partial charge in [-0.2, -0.15) is 0 Å². The smallest absolute Gasteiger partial charge is 0.261 e. The molecule has 1 aromatic carbocycles. The van der Waals surface area contributed by atoms with E-state index in [9.17, 15) is 4.79 Å². The van der Waals surface area contributed by atoms with E-state index in [1.807, 2.05) is 0 Å². The Morgan fingerprint density at radius 2 is 1.83 bits per heavy atom. The second-order valence-electron chi connectivity index (χ2n) is 4.85. The van der Waals surface area contributed by atoms with E-state index in [0.29, 0.717) is 27.1 Å². The van der Waals surface area contributed by atoms with Crippen molar-refractivity contribution in [1.29, 1.82) is 0 Å². The van der Waals surface area contributed by atoms with Crippen LogP contribution in [-0.2, 0) is 0 Å². The van der Waals surface area contributed by atoms with Crippen LogP contribution < -0.4 is 5.32 Å². The van der Waals surface area contributed by atoms with E-state index in [-0.39, 0.29) is 16.4 Å². The third-order valence-electron chi connectivity index (χ3n) is 3.30. The fraction of sp³-hybridized carbons (Fsp3) is 0.0625. The van der Waals surface area contributed by atoms with Crippen molar-refractivity contribution in [2.24, 2.45) is 0 Å². The monoisotopic (exact) mass is 381 g/mol. The summed E-state index contributed by atoms with van der Waals surface area (Å²) >= 11 is 18.4. The van der Waals surface area contributed by atoms with Gasteiger partial charge in [-0.25, -0.2) is 4.98 Å². The van der Waals surface area contributed by atoms with Crippen molar-refractivity contribution >= 4 is 46.4 Å². The largest absolute Gasteiger partial charge is 0.360 e. The number of benzene rings is 1. The Balaban J connectivity index is 2.05. The van der Waals surface area contributed by atoms with E-state index in [1.54, 1.807) is 37.3 Å². The zero-order valence-electron chi connectivity index (χ0n) is 12.3. The SMILES string of the molecule is Cc1onc(-c2c(Cl)cccc2Cl)c1C(=O)Nc1cccnc1Cl. The number of aromatic nitrogens is 2. The fourth-order valence-electron chi connectivity index (χ4n) is 2.20. The molecule has 0 spiro atoms. The molecule has 0 fully saturated rings. The van der Waals surface area contributed by atoms with E-state index in [4.69, 9.17) is 39.3 Å². The number of hydrogen-bond donors (Lipinski definition) is 1. The van der Waals surface area contributed by atoms with Crippen molar-refractivity contribution < 1.29 is 9.32 Å². The first kappa shape index (κ1) is 16.8. The van der Waals surface area contributed by atoms with Gasteiger partial charge in [-0.3, -0.25) is 4.79 Å². The van der Waals surface area contributed by atoms with E-state index in [1.165, 1.54) is 6.20 Å². The maximum Gasteiger partial charge on any atom is 0.261 e. The lowest BCUT2D eigenvalue weighted by atomic mass is 10.1. The molecule has 1 amide bonds. The van der Waals surface area contributed by atoms with Gasteiger partial charge in [0.1, 0.15) is 17.0 Å². The van der Waals surface area contributed by atoms with Gasteiger partial charge in [-0.15, -0.1) is 0 Å². The molecule has 3 rings (SSSR count). The van der Waals surface area contributed by atoms with Crippen LogP contribution >= 0.6 is 34.8 Å². The van der Waals surface area contributed by atoms with Crippen LogP contribution in [0.2, 0.25) is 15.2 Å². The van der Waals surface area contributed by atoms with Gasteiger partial charge >= 0.3 is 0 Å². The second-order valence-corrected chi connectivity index (χ2v) is 6.03. The molecule has 0 aliphatic heterocycles. The van der Waals surface area contributed by atoms with Crippen LogP contribution in [0.15, 0.2) is 41.1 Å². The number of nitrogens with one attached hydrogen (secondary N) is 1. The van der Waals surface area contributed by atoms with Crippen LogP contribution in [0.4, 0.5) is 5.69 Å². The van der Waals surface area contributed by atoms with Crippen LogP contribution in [0, 0.1) is 6.92 Å². The quantitative estimate of drug-likeness (QED) is 0.628. The van der Waals surface area contributed by atoms with Gasteiger partial charge in [0, 0.05) is 11.8 Å². The van der Waals surface area contributed by atoms with Crippen molar-refractivity contribution in [3.63, 3.8) is 0 Å². The first-order valence-corrected chi connectivity index (χ1v) is 7.95. The summed E-state index contributed by atoms with van der Waals surface area (Å²) in [5.74, 6) is -0.117. The molecule has 5 nitrogen and oxygen atoms in total. The molecule has 0 saturated carbocycles. The lowest BCUT2D eigenvalue weighted by molar-refractivity contribution is 0.102. The first-order valence-electron chi connectivity index (χ1n) is 6.81. The molecular formula is C16H10Cl3N3O2. The predicted octanol–water partition coefficient (Wildman–Crippen LogP) is 5.26. The number of anilines is 1. The van der Waals surface area contributed by atoms with Gasteiger partial charge in [0.05, 0.1) is 15.7 Å². The molecule has 0 aliphatic carbocycles. The highest BCUT2D eigenvalue weighted by atomic mass is 35.5. The molecule has 0 radical (unpaired) electrons. The minimum absolute atomic E-state index is 0.178. The normalized spacial score (nSPS) is 10.7. The third-order valence-corrected chi connectivity index (χ3v) is 4.23. The molecule has 122 valence electrons. The molecule has 0 aliphatic rings. The van der Waals surface area contributed by atoms with Crippen molar-refractivity contribution in [1.82, 2.24) is 10.1 Å². The number of amides is 1. The highest BCUT2D eigenvalue weighted by Crippen LogP contribution is 2.37. The highest BCUT2D eigenvalue weighted by molar-refractivity contribution is 6.39. The van der Waals surface area contributed by atoms with Crippen molar-refractivity contribution in [3.05, 3.63) is 63.1 Å². The molecule has 24 heavy (non-hydrogen) atoms. The molecule has 0 saturated heterocycles. The van der Waals surface area contributed by atoms with Gasteiger partial charge in [0.2, 0.25) is 0 Å². The molecule has 2 aromatic heterocycles. The topological polar surface area (TPSA) is 68.0 Å². The second kappa shape index (κ2) is 6.81. The van der Waals surface area contributed by atoms with Crippen LogP contribution in [-0.4, -0.2) is 16.0 Å². The van der Waals surface area contributed by atoms with Crippen LogP contribution in [0.25, 0.3) is 11.3 Å². The van der Waals surface area contributed by atoms with Crippen LogP contribution in [0.3, 0.4) is 0 Å². The minimum atomic E-state index is -0.449. The summed E-state index contributed by atoms with van der Waals surface area (Å²) in [6.07, 6.45) is 1.53. The van der Waals surface area contributed by atoms with Gasteiger partial charge in [-0.05, 0) is 31.2 Å². The lowest BCUT2D eigenvalue weighted by Crippen LogP contribution is -2.14. The molecule has 1 N–H and O–H groups in total. The third kappa shape index (κ3) is 3.11. The van der Waals surface area contributed by atoms with E-state index < -0.39 is 5.91 Å². The van der Waals surface area contributed by atoms with E-state index in [0.717, 1.165) is 0 Å². The summed E-state index contributed by atoms with van der Waals surface area (Å²) in [7, 11) is 0. The number of carbonyl (C=O) groups excluding carboxylic acids is 1. The molecule has 8 heteroatoms. The number of pyridine rings is 1. The average Bonchev–Trinajstić information content (AvgIpc) is 2.91. The van der Waals surface area contributed by atoms with Crippen LogP contribution in [0.5, 0.6) is 0 Å². The highest BCUT2D eigenvalue weighted by Gasteiger charge is 2.25. The van der Waals surface area contributed by atoms with Crippen LogP contribution in [0.1, 0.15) is 16.1 Å². The Hall–Kier alpha value is -2.08. The summed E-state index contributed by atoms with van der Waals surface area (Å²) in [5, 5.41) is 7.53. The lowest BCUT2D eigenvalue weighted by Gasteiger charge is -2.08. The summed E-state index contributed by atoms with van der Waals surface area (Å²) in [6.45, 7) is 1.63. The summed E-state index contributed by atoms with van der Waals surface area (Å²) < 4.78 is 5.17. The average molecular weight is 383 g/mol. The van der Waals surface area contributed by atoms with Gasteiger partial charge in [0.15, 0.2) is 5.15 Å². The number of carbonyl (C=O) groups is 1. The Labute approximate surface area is 152 Å². The van der Waals surface area contributed by atoms with Crippen molar-refractivity contribution in [2.75, 3.05) is 5.32 Å². The fourth-order valence-corrected chi connectivity index (χ4v) is 2.94. The summed E-state index contributed by atoms with van der Waals surface area (Å²) in [6, 6.07) is 8.32. The molecule has 0 unspecified atom stereocenters. The van der Waals surface area contributed by atoms with Crippen molar-refractivity contribution in [2.45, 2.75) is 6.92 Å². The first-order chi connectivity index (χ1) is 11.5. The zero-order chi connectivity index (χ0) is 17.3. The molecular weight excluding hydrogens is 373 g/mol. The van der Waals surface area contributed by atoms with Gasteiger partial charge in [-0.1, -0.05) is 46.0 Å². The molecule has 3 aromatic rings. The van der Waals surface area contributed by atoms with Gasteiger partial charge in [0.25, 0.3) is 5.91 Å². The predicted molar refractivity (Wildman–Crippen MR) is 93.9 cm³/mol. The summed E-state index contributed by atoms with van der Waals surface area (Å²) in [5.41, 5.74) is 1.30.